The molecule has 3 aliphatic carbocycles. The van der Waals surface area contributed by atoms with Gasteiger partial charge in [-0.15, -0.1) is 0 Å². The maximum Gasteiger partial charge on any atom is 0.488 e. The van der Waals surface area contributed by atoms with Gasteiger partial charge in [0, 0.05) is 96.7 Å². The molecule has 11 rings (SSSR count). The molecule has 0 bridgehead atoms. The lowest BCUT2D eigenvalue weighted by Gasteiger charge is -2.24. The summed E-state index contributed by atoms with van der Waals surface area (Å²) in [6.45, 7) is -0.170. The van der Waals surface area contributed by atoms with Gasteiger partial charge in [-0.25, -0.2) is 34.7 Å². The zero-order valence-corrected chi connectivity index (χ0v) is 72.7. The molecular weight excluding hydrogens is 1720 g/mol. The smallest absolute Gasteiger partial charge is 0.481 e. The number of carboxylic acid groups (broad SMARTS) is 3. The van der Waals surface area contributed by atoms with Crippen LogP contribution in [0.15, 0.2) is 134 Å². The van der Waals surface area contributed by atoms with Gasteiger partial charge in [-0.2, -0.15) is 39.5 Å². The molecule has 0 spiro atoms. The number of unbranched alkanes of at least 4 members (excludes halogenated alkanes) is 3. The van der Waals surface area contributed by atoms with Gasteiger partial charge in [-0.1, -0.05) is 114 Å². The van der Waals surface area contributed by atoms with Gasteiger partial charge in [0.25, 0.3) is 0 Å². The van der Waals surface area contributed by atoms with E-state index in [4.69, 9.17) is 80.1 Å². The van der Waals surface area contributed by atoms with Crippen LogP contribution >= 0.6 is 34.8 Å². The van der Waals surface area contributed by atoms with Crippen molar-refractivity contribution in [3.8, 4) is 11.3 Å². The predicted octanol–water partition coefficient (Wildman–Crippen LogP) is 14.6. The maximum absolute atomic E-state index is 12.6. The molecule has 0 saturated heterocycles. The van der Waals surface area contributed by atoms with Crippen molar-refractivity contribution >= 4 is 71.1 Å². The molecule has 2 aromatic carbocycles. The monoisotopic (exact) mass is 1830 g/mol. The molecule has 688 valence electrons. The highest BCUT2D eigenvalue weighted by Gasteiger charge is 2.31. The van der Waals surface area contributed by atoms with Crippen molar-refractivity contribution in [3.05, 3.63) is 206 Å². The molecule has 8 aromatic rings. The third kappa shape index (κ3) is 43.9. The Morgan fingerprint density at radius 2 is 0.833 bits per heavy atom. The number of pyridine rings is 3. The Labute approximate surface area is 744 Å². The van der Waals surface area contributed by atoms with Crippen molar-refractivity contribution in [2.75, 3.05) is 104 Å². The van der Waals surface area contributed by atoms with E-state index in [2.05, 4.69) is 76.4 Å². The second-order valence-corrected chi connectivity index (χ2v) is 31.9. The molecule has 0 amide bonds. The molecule has 38 heteroatoms. The SMILES string of the molecule is Clc1cc(Cl)ncn1.N[C@@H](CCN(CCCCc1ccc2c(n1)CCCC2)CCOCC(F)(F)F)C(=O)O.O=C(O)[C@H](CCN(CCCCc1ccc2c(n1)CCCC2)CCOCC(F)(F)F)Cc1cc(-c2ccccc2)ncn1.O=C(O)[C@H](CCN(CCCCc1ccc2c(n1)CCCC2)CCOCC(F)(F)F)Nc1cc(Cl)ncn1.OB(O)c1ccccc1. The van der Waals surface area contributed by atoms with E-state index in [9.17, 15) is 64.1 Å². The quantitative estimate of drug-likeness (QED) is 0.00807. The van der Waals surface area contributed by atoms with Gasteiger partial charge >= 0.3 is 43.6 Å². The molecule has 0 unspecified atom stereocenters. The summed E-state index contributed by atoms with van der Waals surface area (Å²) in [5.74, 6) is -3.49. The number of anilines is 1. The summed E-state index contributed by atoms with van der Waals surface area (Å²) < 4.78 is 126. The minimum absolute atomic E-state index is 0.0613. The molecule has 25 nitrogen and oxygen atoms in total. The summed E-state index contributed by atoms with van der Waals surface area (Å²) >= 11 is 16.7. The van der Waals surface area contributed by atoms with Crippen LogP contribution in [-0.4, -0.2) is 239 Å². The Hall–Kier alpha value is -8.72. The summed E-state index contributed by atoms with van der Waals surface area (Å²) in [5, 5.41) is 49.4. The second kappa shape index (κ2) is 56.6. The fraction of sp³-hybridized carbons (Fsp3) is 0.523. The molecule has 8 N–H and O–H groups in total. The minimum Gasteiger partial charge on any atom is -0.481 e. The second-order valence-electron chi connectivity index (χ2n) is 30.8. The van der Waals surface area contributed by atoms with Gasteiger partial charge in [-0.3, -0.25) is 24.5 Å². The van der Waals surface area contributed by atoms with Crippen LogP contribution in [0, 0.1) is 5.92 Å². The van der Waals surface area contributed by atoms with Crippen LogP contribution in [0.2, 0.25) is 15.5 Å². The van der Waals surface area contributed by atoms with E-state index in [1.54, 1.807) is 24.3 Å². The number of carboxylic acids is 3. The Morgan fingerprint density at radius 1 is 0.437 bits per heavy atom. The number of hydrogen-bond donors (Lipinski definition) is 7. The Kier molecular flexibility index (Phi) is 46.8. The third-order valence-electron chi connectivity index (χ3n) is 20.8. The van der Waals surface area contributed by atoms with Crippen molar-refractivity contribution in [2.24, 2.45) is 11.7 Å². The molecule has 0 aliphatic heterocycles. The number of carbonyl (C=O) groups is 3. The topological polar surface area (TPSA) is 344 Å². The first-order valence-corrected chi connectivity index (χ1v) is 43.6. The Bertz CT molecular complexity index is 4480. The van der Waals surface area contributed by atoms with Crippen molar-refractivity contribution < 1.29 is 93.5 Å². The first kappa shape index (κ1) is 104. The first-order chi connectivity index (χ1) is 60.3. The number of aromatic nitrogens is 9. The van der Waals surface area contributed by atoms with Crippen LogP contribution in [0.3, 0.4) is 0 Å². The van der Waals surface area contributed by atoms with E-state index in [1.165, 1.54) is 103 Å². The zero-order chi connectivity index (χ0) is 91.1. The van der Waals surface area contributed by atoms with Crippen LogP contribution in [0.25, 0.3) is 11.3 Å². The van der Waals surface area contributed by atoms with Gasteiger partial charge in [0.05, 0.1) is 31.4 Å². The summed E-state index contributed by atoms with van der Waals surface area (Å²) in [5.41, 5.74) is 19.2. The summed E-state index contributed by atoms with van der Waals surface area (Å²) in [7, 11) is -1.34. The normalized spacial score (nSPS) is 13.8. The van der Waals surface area contributed by atoms with Crippen LogP contribution in [0.1, 0.15) is 153 Å². The summed E-state index contributed by atoms with van der Waals surface area (Å²) in [6.07, 6.45) is 13.1. The lowest BCUT2D eigenvalue weighted by molar-refractivity contribution is -0.175. The van der Waals surface area contributed by atoms with E-state index >= 15 is 0 Å². The lowest BCUT2D eigenvalue weighted by atomic mass is 9.81. The van der Waals surface area contributed by atoms with Crippen molar-refractivity contribution in [1.82, 2.24) is 59.6 Å². The molecule has 3 aliphatic rings. The van der Waals surface area contributed by atoms with Crippen LogP contribution in [0.5, 0.6) is 0 Å². The summed E-state index contributed by atoms with van der Waals surface area (Å²) in [6, 6.07) is 33.8. The molecule has 0 fully saturated rings. The molecule has 3 atom stereocenters. The van der Waals surface area contributed by atoms with Gasteiger partial charge in [0.1, 0.15) is 72.2 Å². The van der Waals surface area contributed by atoms with E-state index < -0.39 is 81.4 Å². The molecule has 0 saturated carbocycles. The average molecular weight is 1830 g/mol. The number of nitrogens with zero attached hydrogens (tertiary/aromatic N) is 12. The number of halogens is 12. The molecular formula is C88H113BCl3F9N14O11. The number of benzene rings is 2. The van der Waals surface area contributed by atoms with Crippen LogP contribution in [0.4, 0.5) is 45.3 Å². The maximum atomic E-state index is 12.6. The number of aryl methyl sites for hydroxylation is 9. The first-order valence-electron chi connectivity index (χ1n) is 42.4. The fourth-order valence-electron chi connectivity index (χ4n) is 14.1. The van der Waals surface area contributed by atoms with Crippen LogP contribution < -0.4 is 16.5 Å². The number of alkyl halides is 9. The number of nitrogens with one attached hydrogen (secondary N) is 1. The molecule has 0 radical (unpaired) electrons. The van der Waals surface area contributed by atoms with Crippen molar-refractivity contribution in [2.45, 2.75) is 191 Å². The highest BCUT2D eigenvalue weighted by molar-refractivity contribution is 6.58. The van der Waals surface area contributed by atoms with Gasteiger partial charge in [-0.05, 0) is 227 Å². The number of hydrogen-bond acceptors (Lipinski definition) is 22. The fourth-order valence-corrected chi connectivity index (χ4v) is 14.6. The Balaban J connectivity index is 0.000000238. The molecule has 126 heavy (non-hydrogen) atoms. The van der Waals surface area contributed by atoms with Crippen LogP contribution in [-0.2, 0) is 92.8 Å². The number of fused-ring (bicyclic) bond motifs is 3. The van der Waals surface area contributed by atoms with Gasteiger partial charge in [0.2, 0.25) is 0 Å². The largest absolute Gasteiger partial charge is 0.488 e. The van der Waals surface area contributed by atoms with E-state index in [0.717, 1.165) is 125 Å². The number of aliphatic carboxylic acids is 3. The van der Waals surface area contributed by atoms with Crippen molar-refractivity contribution in [1.29, 1.82) is 0 Å². The predicted molar refractivity (Wildman–Crippen MR) is 464 cm³/mol. The average Bonchev–Trinajstić information content (AvgIpc) is 0.855. The molecule has 6 aromatic heterocycles. The Morgan fingerprint density at radius 3 is 1.21 bits per heavy atom. The highest BCUT2D eigenvalue weighted by Crippen LogP contribution is 2.27. The third-order valence-corrected chi connectivity index (χ3v) is 21.4. The number of nitrogens with two attached hydrogens (primary N) is 1. The number of rotatable bonds is 45. The van der Waals surface area contributed by atoms with E-state index in [0.29, 0.717) is 80.2 Å². The van der Waals surface area contributed by atoms with E-state index in [-0.39, 0.29) is 56.6 Å². The van der Waals surface area contributed by atoms with Gasteiger partial charge in [0.15, 0.2) is 0 Å². The summed E-state index contributed by atoms with van der Waals surface area (Å²) in [4.78, 5) is 78.7. The lowest BCUT2D eigenvalue weighted by Crippen LogP contribution is -2.37. The van der Waals surface area contributed by atoms with E-state index in [1.807, 2.05) is 57.2 Å². The minimum atomic E-state index is -4.39. The zero-order valence-electron chi connectivity index (χ0n) is 70.5. The van der Waals surface area contributed by atoms with Gasteiger partial charge < -0.3 is 65.3 Å². The number of ether oxygens (including phenoxy) is 3. The van der Waals surface area contributed by atoms with Crippen molar-refractivity contribution in [3.63, 3.8) is 0 Å². The standard InChI is InChI=1S/C32H39F3N4O3.C25H33ClF3N5O3.C21H32F3N3O3.C6H7BO2.C4H2Cl2N2/c33-32(34,35)22-42-19-18-39(16-7-6-11-27-14-13-25-10-4-5-12-29(25)38-27)17-15-26(31(40)41)20-28-21-30(37-23-36-28)24-8-2-1-3-9-24;26-22-15-23(31-17-30-22)33-21(24(35)36)10-12-34(13-14-37-16-25(27,28)29)11-4-3-6-19-9-8-18-5-1-2-7-20(18)32-19;22-21(23,24)15-30-14-13-27(12-10-18(25)20(28)29)11-4-3-6-17-9-8-16-5-1-2-7-19(16)26-17;8-7(9)6-4-2-1-3-5-6;5-3-1-4(6)8-2-7-3/h1-3,8-9,13-14,21,23,26H,4-7,10-12,15-20,22H2,(H,40,41);8-9,15,17,21H,1-7,10-14,16H2,(H,35,36)(H,30,31,33);8-9,18H,1-7,10-15,25H2,(H,28,29);1-5,8-9H;1-2H/t26-;21-;18-;;/m100../s1. The highest BCUT2D eigenvalue weighted by atomic mass is 35.5. The molecule has 6 heterocycles.